The van der Waals surface area contributed by atoms with Gasteiger partial charge in [-0.15, -0.1) is 0 Å². The zero-order valence-corrected chi connectivity index (χ0v) is 23.4. The zero-order valence-electron chi connectivity index (χ0n) is 20.3. The highest BCUT2D eigenvalue weighted by atomic mass is 79.9. The van der Waals surface area contributed by atoms with Crippen molar-refractivity contribution in [2.45, 2.75) is 26.4 Å². The lowest BCUT2D eigenvalue weighted by atomic mass is 9.95. The number of nitrogens with one attached hydrogen (secondary N) is 1. The van der Waals surface area contributed by atoms with E-state index in [1.54, 1.807) is 0 Å². The summed E-state index contributed by atoms with van der Waals surface area (Å²) < 4.78 is 7.05. The predicted octanol–water partition coefficient (Wildman–Crippen LogP) is 6.42. The number of benzene rings is 3. The molecule has 0 bridgehead atoms. The van der Waals surface area contributed by atoms with E-state index in [4.69, 9.17) is 9.72 Å². The summed E-state index contributed by atoms with van der Waals surface area (Å²) >= 11 is 6.95. The number of aromatic nitrogens is 1. The molecule has 1 amide bonds. The molecule has 0 saturated carbocycles. The minimum Gasteiger partial charge on any atom is -0.452 e. The summed E-state index contributed by atoms with van der Waals surface area (Å²) in [7, 11) is 0. The molecule has 0 radical (unpaired) electrons. The van der Waals surface area contributed by atoms with E-state index in [1.165, 1.54) is 5.56 Å². The summed E-state index contributed by atoms with van der Waals surface area (Å²) in [4.78, 5) is 33.3. The van der Waals surface area contributed by atoms with Gasteiger partial charge in [0.1, 0.15) is 0 Å². The third kappa shape index (κ3) is 5.76. The van der Waals surface area contributed by atoms with E-state index < -0.39 is 18.5 Å². The molecule has 5 rings (SSSR count). The Morgan fingerprint density at radius 2 is 1.73 bits per heavy atom. The molecule has 0 atom stereocenters. The maximum Gasteiger partial charge on any atom is 0.339 e. The molecule has 6 nitrogen and oxygen atoms in total. The molecule has 1 aromatic heterocycles. The highest BCUT2D eigenvalue weighted by Crippen LogP contribution is 2.33. The molecule has 3 aromatic carbocycles. The van der Waals surface area contributed by atoms with Gasteiger partial charge in [-0.3, -0.25) is 14.7 Å². The molecule has 2 heterocycles. The number of halogens is 2. The van der Waals surface area contributed by atoms with Crippen molar-refractivity contribution < 1.29 is 14.3 Å². The number of anilines is 1. The zero-order chi connectivity index (χ0) is 25.9. The van der Waals surface area contributed by atoms with Crippen molar-refractivity contribution in [1.82, 2.24) is 9.88 Å². The first-order valence-corrected chi connectivity index (χ1v) is 13.6. The van der Waals surface area contributed by atoms with Gasteiger partial charge in [0.15, 0.2) is 6.61 Å². The summed E-state index contributed by atoms with van der Waals surface area (Å²) in [5, 5.41) is 3.55. The van der Waals surface area contributed by atoms with Crippen LogP contribution in [0.5, 0.6) is 0 Å². The van der Waals surface area contributed by atoms with Crippen LogP contribution in [-0.2, 0) is 29.0 Å². The molecule has 1 aliphatic heterocycles. The van der Waals surface area contributed by atoms with Gasteiger partial charge < -0.3 is 10.1 Å². The summed E-state index contributed by atoms with van der Waals surface area (Å²) in [6, 6.07) is 21.7. The second-order valence-corrected chi connectivity index (χ2v) is 10.8. The first kappa shape index (κ1) is 25.6. The standard InChI is InChI=1S/C29H25Br2N3O3/c1-18-13-22(30)28(23(31)14-18)33-26(35)17-37-29(36)27-20-9-5-6-10-24(20)32-25-11-12-34(16-21(25)27)15-19-7-3-2-4-8-19/h2-10,13-14H,11-12,15-17H2,1H3,(H,33,35). The van der Waals surface area contributed by atoms with Crippen molar-refractivity contribution >= 4 is 60.3 Å². The number of aryl methyl sites for hydroxylation is 1. The highest BCUT2D eigenvalue weighted by Gasteiger charge is 2.27. The first-order chi connectivity index (χ1) is 17.9. The van der Waals surface area contributed by atoms with Gasteiger partial charge in [0.25, 0.3) is 5.91 Å². The highest BCUT2D eigenvalue weighted by molar-refractivity contribution is 9.11. The molecule has 8 heteroatoms. The molecule has 0 spiro atoms. The summed E-state index contributed by atoms with van der Waals surface area (Å²) in [6.07, 6.45) is 0.739. The van der Waals surface area contributed by atoms with Gasteiger partial charge in [-0.1, -0.05) is 48.5 Å². The maximum absolute atomic E-state index is 13.5. The Morgan fingerprint density at radius 3 is 2.49 bits per heavy atom. The normalized spacial score (nSPS) is 13.3. The largest absolute Gasteiger partial charge is 0.452 e. The number of carbonyl (C=O) groups excluding carboxylic acids is 2. The van der Waals surface area contributed by atoms with Crippen LogP contribution in [-0.4, -0.2) is 34.9 Å². The van der Waals surface area contributed by atoms with Crippen molar-refractivity contribution in [1.29, 1.82) is 0 Å². The lowest BCUT2D eigenvalue weighted by Crippen LogP contribution is -2.32. The van der Waals surface area contributed by atoms with E-state index in [0.717, 1.165) is 56.2 Å². The van der Waals surface area contributed by atoms with Gasteiger partial charge in [0, 0.05) is 51.6 Å². The first-order valence-electron chi connectivity index (χ1n) is 12.0. The molecular formula is C29H25Br2N3O3. The third-order valence-corrected chi connectivity index (χ3v) is 7.61. The third-order valence-electron chi connectivity index (χ3n) is 6.36. The molecule has 1 N–H and O–H groups in total. The number of fused-ring (bicyclic) bond motifs is 2. The molecule has 0 saturated heterocycles. The van der Waals surface area contributed by atoms with Gasteiger partial charge in [0.2, 0.25) is 0 Å². The minimum absolute atomic E-state index is 0.398. The van der Waals surface area contributed by atoms with Crippen molar-refractivity contribution in [3.8, 4) is 0 Å². The van der Waals surface area contributed by atoms with E-state index in [-0.39, 0.29) is 0 Å². The van der Waals surface area contributed by atoms with Crippen LogP contribution in [0.25, 0.3) is 10.9 Å². The number of hydrogen-bond acceptors (Lipinski definition) is 5. The van der Waals surface area contributed by atoms with E-state index in [1.807, 2.05) is 61.5 Å². The molecule has 0 fully saturated rings. The van der Waals surface area contributed by atoms with E-state index in [0.29, 0.717) is 17.8 Å². The molecule has 1 aliphatic rings. The Bertz CT molecular complexity index is 1470. The fraction of sp³-hybridized carbons (Fsp3) is 0.207. The summed E-state index contributed by atoms with van der Waals surface area (Å²) in [6.45, 7) is 3.78. The number of para-hydroxylation sites is 1. The van der Waals surface area contributed by atoms with E-state index in [2.05, 4.69) is 54.2 Å². The van der Waals surface area contributed by atoms with Crippen LogP contribution in [0, 0.1) is 6.92 Å². The van der Waals surface area contributed by atoms with Gasteiger partial charge in [-0.05, 0) is 68.1 Å². The maximum atomic E-state index is 13.5. The number of ether oxygens (including phenoxy) is 1. The minimum atomic E-state index is -0.520. The average Bonchev–Trinajstić information content (AvgIpc) is 2.88. The SMILES string of the molecule is Cc1cc(Br)c(NC(=O)COC(=O)c2c3c(nc4ccccc24)CCN(Cc2ccccc2)C3)c(Br)c1. The van der Waals surface area contributed by atoms with E-state index >= 15 is 0 Å². The Morgan fingerprint density at radius 1 is 1.03 bits per heavy atom. The predicted molar refractivity (Wildman–Crippen MR) is 151 cm³/mol. The Balaban J connectivity index is 1.38. The number of carbonyl (C=O) groups is 2. The monoisotopic (exact) mass is 621 g/mol. The summed E-state index contributed by atoms with van der Waals surface area (Å²) in [5.74, 6) is -0.940. The van der Waals surface area contributed by atoms with Crippen LogP contribution in [0.15, 0.2) is 75.7 Å². The van der Waals surface area contributed by atoms with E-state index in [9.17, 15) is 9.59 Å². The Kier molecular flexibility index (Phi) is 7.69. The van der Waals surface area contributed by atoms with Crippen molar-refractivity contribution in [2.24, 2.45) is 0 Å². The number of nitrogens with zero attached hydrogens (tertiary/aromatic N) is 2. The lowest BCUT2D eigenvalue weighted by molar-refractivity contribution is -0.119. The second-order valence-electron chi connectivity index (χ2n) is 9.10. The summed E-state index contributed by atoms with van der Waals surface area (Å²) in [5.41, 5.74) is 5.87. The van der Waals surface area contributed by atoms with Crippen molar-refractivity contribution in [2.75, 3.05) is 18.5 Å². The van der Waals surface area contributed by atoms with Gasteiger partial charge in [0.05, 0.1) is 16.8 Å². The van der Waals surface area contributed by atoms with Crippen molar-refractivity contribution in [3.05, 3.63) is 104 Å². The van der Waals surface area contributed by atoms with Gasteiger partial charge >= 0.3 is 5.97 Å². The fourth-order valence-electron chi connectivity index (χ4n) is 4.65. The van der Waals surface area contributed by atoms with Gasteiger partial charge in [-0.25, -0.2) is 4.79 Å². The lowest BCUT2D eigenvalue weighted by Gasteiger charge is -2.30. The topological polar surface area (TPSA) is 71.5 Å². The number of esters is 1. The molecule has 0 aliphatic carbocycles. The number of rotatable bonds is 6. The quantitative estimate of drug-likeness (QED) is 0.251. The second kappa shape index (κ2) is 11.1. The van der Waals surface area contributed by atoms with Gasteiger partial charge in [-0.2, -0.15) is 0 Å². The fourth-order valence-corrected chi connectivity index (χ4v) is 6.27. The smallest absolute Gasteiger partial charge is 0.339 e. The van der Waals surface area contributed by atoms with Crippen LogP contribution < -0.4 is 5.32 Å². The Labute approximate surface area is 232 Å². The Hall–Kier alpha value is -3.07. The molecule has 4 aromatic rings. The number of pyridine rings is 1. The molecule has 37 heavy (non-hydrogen) atoms. The number of amides is 1. The molecular weight excluding hydrogens is 598 g/mol. The molecule has 0 unspecified atom stereocenters. The van der Waals surface area contributed by atoms with Crippen LogP contribution in [0.4, 0.5) is 5.69 Å². The van der Waals surface area contributed by atoms with Crippen LogP contribution in [0.2, 0.25) is 0 Å². The number of hydrogen-bond donors (Lipinski definition) is 1. The molecule has 188 valence electrons. The average molecular weight is 623 g/mol. The van der Waals surface area contributed by atoms with Crippen LogP contribution in [0.3, 0.4) is 0 Å². The van der Waals surface area contributed by atoms with Crippen LogP contribution in [0.1, 0.15) is 32.7 Å². The van der Waals surface area contributed by atoms with Crippen molar-refractivity contribution in [3.63, 3.8) is 0 Å². The van der Waals surface area contributed by atoms with Crippen LogP contribution >= 0.6 is 31.9 Å².